The third kappa shape index (κ3) is 9.21. The average molecular weight is 845 g/mol. The van der Waals surface area contributed by atoms with Gasteiger partial charge in [0.05, 0.1) is 49.3 Å². The van der Waals surface area contributed by atoms with Crippen molar-refractivity contribution >= 4 is 11.0 Å². The summed E-state index contributed by atoms with van der Waals surface area (Å²) in [5.74, 6) is 8.35. The molecule has 10 nitrogen and oxygen atoms in total. The molecule has 5 saturated heterocycles. The standard InChI is InChI=1S/C48H88N8.2H2O.H4Si/c1-45(2,3)25-13-17-29-33(21-25)41-49-37(29)54-42-35-23-27(47(7,8)9)15-19-31(35)39(51-42)56-44-36-24-28(48(10,11)12)16-20-32(36)40(52-44)55-43-34-22-26(46(4,5)6)14-18-30(34)38(50-43)53-41;;;/h25-44,49-56H,13-24H2,1-12H3;2*1H2;1H4. The first-order valence-corrected chi connectivity index (χ1v) is 24.3. The van der Waals surface area contributed by atoms with E-state index in [4.69, 9.17) is 0 Å². The van der Waals surface area contributed by atoms with Gasteiger partial charge in [0, 0.05) is 0 Å². The molecule has 9 aliphatic rings. The highest BCUT2D eigenvalue weighted by atomic mass is 28.1. The van der Waals surface area contributed by atoms with Crippen LogP contribution in [0, 0.1) is 92.7 Å². The van der Waals surface area contributed by atoms with Crippen LogP contribution in [0.4, 0.5) is 0 Å². The second-order valence-electron chi connectivity index (χ2n) is 26.0. The molecule has 0 aromatic rings. The fraction of sp³-hybridized carbons (Fsp3) is 1.00. The molecular weight excluding hydrogens is 749 g/mol. The normalized spacial score (nSPS) is 48.6. The Labute approximate surface area is 365 Å². The molecule has 9 fully saturated rings. The lowest BCUT2D eigenvalue weighted by Crippen LogP contribution is -2.61. The Morgan fingerprint density at radius 2 is 0.407 bits per heavy atom. The highest BCUT2D eigenvalue weighted by Crippen LogP contribution is 2.53. The van der Waals surface area contributed by atoms with Crippen LogP contribution in [0.1, 0.15) is 160 Å². The Hall–Kier alpha value is -0.183. The van der Waals surface area contributed by atoms with Crippen LogP contribution in [0.15, 0.2) is 0 Å². The summed E-state index contributed by atoms with van der Waals surface area (Å²) < 4.78 is 0. The summed E-state index contributed by atoms with van der Waals surface area (Å²) in [6.45, 7) is 30.0. The molecule has 0 aromatic carbocycles. The summed E-state index contributed by atoms with van der Waals surface area (Å²) in [5, 5.41) is 35.2. The van der Waals surface area contributed by atoms with E-state index in [1.807, 2.05) is 0 Å². The fourth-order valence-electron chi connectivity index (χ4n) is 15.2. The molecule has 12 unspecified atom stereocenters. The predicted molar refractivity (Wildman–Crippen MR) is 249 cm³/mol. The van der Waals surface area contributed by atoms with Gasteiger partial charge in [-0.25, -0.2) is 0 Å². The van der Waals surface area contributed by atoms with Gasteiger partial charge in [-0.2, -0.15) is 0 Å². The maximum Gasteiger partial charge on any atom is 0.0628 e. The van der Waals surface area contributed by atoms with Gasteiger partial charge >= 0.3 is 0 Å². The molecule has 59 heavy (non-hydrogen) atoms. The van der Waals surface area contributed by atoms with E-state index >= 15 is 0 Å². The molecule has 0 spiro atoms. The van der Waals surface area contributed by atoms with Crippen molar-refractivity contribution in [2.45, 2.75) is 209 Å². The van der Waals surface area contributed by atoms with Crippen molar-refractivity contribution in [3.05, 3.63) is 0 Å². The first kappa shape index (κ1) is 48.3. The fourth-order valence-corrected chi connectivity index (χ4v) is 15.2. The molecule has 5 aliphatic heterocycles. The summed E-state index contributed by atoms with van der Waals surface area (Å²) in [4.78, 5) is 0. The molecule has 12 atom stereocenters. The lowest BCUT2D eigenvalue weighted by atomic mass is 9.64. The van der Waals surface area contributed by atoms with Crippen molar-refractivity contribution < 1.29 is 11.0 Å². The molecular formula is C48H96N8O2Si. The zero-order chi connectivity index (χ0) is 39.7. The summed E-state index contributed by atoms with van der Waals surface area (Å²) in [7, 11) is 0. The van der Waals surface area contributed by atoms with Crippen LogP contribution in [0.25, 0.3) is 0 Å². The van der Waals surface area contributed by atoms with Crippen LogP contribution < -0.4 is 42.5 Å². The molecule has 12 N–H and O–H groups in total. The van der Waals surface area contributed by atoms with E-state index in [9.17, 15) is 0 Å². The summed E-state index contributed by atoms with van der Waals surface area (Å²) in [5.41, 5.74) is 1.42. The van der Waals surface area contributed by atoms with Crippen LogP contribution in [-0.4, -0.2) is 71.2 Å². The van der Waals surface area contributed by atoms with Crippen molar-refractivity contribution in [2.24, 2.45) is 92.7 Å². The van der Waals surface area contributed by atoms with Crippen LogP contribution in [0.3, 0.4) is 0 Å². The Kier molecular flexibility index (Phi) is 14.2. The summed E-state index contributed by atoms with van der Waals surface area (Å²) in [6, 6.07) is 0. The molecule has 0 aromatic heterocycles. The number of fused-ring (bicyclic) bond motifs is 20. The van der Waals surface area contributed by atoms with Gasteiger partial charge in [0.25, 0.3) is 0 Å². The van der Waals surface area contributed by atoms with Crippen LogP contribution >= 0.6 is 0 Å². The highest BCUT2D eigenvalue weighted by Gasteiger charge is 2.57. The minimum absolute atomic E-state index is 0. The topological polar surface area (TPSA) is 159 Å². The van der Waals surface area contributed by atoms with Gasteiger partial charge in [0.2, 0.25) is 0 Å². The van der Waals surface area contributed by atoms with Gasteiger partial charge < -0.3 is 11.0 Å². The molecule has 8 bridgehead atoms. The first-order valence-electron chi connectivity index (χ1n) is 24.3. The average Bonchev–Trinajstić information content (AvgIpc) is 3.84. The molecule has 0 amide bonds. The zero-order valence-electron chi connectivity index (χ0n) is 39.0. The minimum atomic E-state index is 0. The van der Waals surface area contributed by atoms with Gasteiger partial charge in [-0.1, -0.05) is 83.1 Å². The van der Waals surface area contributed by atoms with Crippen molar-refractivity contribution in [3.8, 4) is 0 Å². The van der Waals surface area contributed by atoms with E-state index < -0.39 is 0 Å². The quantitative estimate of drug-likeness (QED) is 0.165. The smallest absolute Gasteiger partial charge is 0.0628 e. The number of nitrogens with one attached hydrogen (secondary N) is 8. The molecule has 5 heterocycles. The predicted octanol–water partition coefficient (Wildman–Crippen LogP) is 4.59. The van der Waals surface area contributed by atoms with Gasteiger partial charge in [0.1, 0.15) is 0 Å². The van der Waals surface area contributed by atoms with Crippen molar-refractivity contribution in [1.82, 2.24) is 42.5 Å². The van der Waals surface area contributed by atoms with E-state index in [-0.39, 0.29) is 21.9 Å². The maximum absolute atomic E-state index is 4.44. The van der Waals surface area contributed by atoms with Gasteiger partial charge in [-0.15, -0.1) is 0 Å². The first-order chi connectivity index (χ1) is 26.2. The molecule has 344 valence electrons. The number of hydrogen-bond acceptors (Lipinski definition) is 8. The van der Waals surface area contributed by atoms with Gasteiger partial charge in [-0.3, -0.25) is 42.5 Å². The number of rotatable bonds is 0. The largest absolute Gasteiger partial charge is 0.412 e. The van der Waals surface area contributed by atoms with Crippen molar-refractivity contribution in [2.75, 3.05) is 0 Å². The Balaban J connectivity index is 0.00000195. The molecule has 4 aliphatic carbocycles. The molecule has 4 saturated carbocycles. The third-order valence-corrected chi connectivity index (χ3v) is 19.0. The van der Waals surface area contributed by atoms with Crippen LogP contribution in [0.2, 0.25) is 0 Å². The molecule has 0 radical (unpaired) electrons. The zero-order valence-corrected chi connectivity index (χ0v) is 39.0. The van der Waals surface area contributed by atoms with E-state index in [0.29, 0.717) is 118 Å². The van der Waals surface area contributed by atoms with Gasteiger partial charge in [-0.05, 0) is 181 Å². The molecule has 9 rings (SSSR count). The lowest BCUT2D eigenvalue weighted by molar-refractivity contribution is 0.0697. The van der Waals surface area contributed by atoms with Crippen molar-refractivity contribution in [1.29, 1.82) is 0 Å². The summed E-state index contributed by atoms with van der Waals surface area (Å²) >= 11 is 0. The minimum Gasteiger partial charge on any atom is -0.412 e. The Morgan fingerprint density at radius 3 is 0.559 bits per heavy atom. The Bertz CT molecular complexity index is 1200. The maximum atomic E-state index is 4.44. The highest BCUT2D eigenvalue weighted by molar-refractivity contribution is 5.75. The number of hydrogen-bond donors (Lipinski definition) is 8. The second kappa shape index (κ2) is 17.3. The monoisotopic (exact) mass is 845 g/mol. The summed E-state index contributed by atoms with van der Waals surface area (Å²) in [6.07, 6.45) is 18.8. The lowest BCUT2D eigenvalue weighted by Gasteiger charge is -2.44. The Morgan fingerprint density at radius 1 is 0.254 bits per heavy atom. The third-order valence-electron chi connectivity index (χ3n) is 19.0. The van der Waals surface area contributed by atoms with Crippen LogP contribution in [-0.2, 0) is 0 Å². The van der Waals surface area contributed by atoms with E-state index in [2.05, 4.69) is 126 Å². The SMILES string of the molecule is CC(C)(C)C1CCC2C3NC(NC4NC(NC5NC(NC6NC(N3)C3CC(C(C)(C)C)CCC63)C3CC(C(C)(C)C)CCC53)C3CC(C(C)(C)C)CCC43)C2C1.O.O.[SiH4]. The van der Waals surface area contributed by atoms with E-state index in [0.717, 1.165) is 23.7 Å². The van der Waals surface area contributed by atoms with Crippen molar-refractivity contribution in [3.63, 3.8) is 0 Å². The molecule has 11 heteroatoms. The van der Waals surface area contributed by atoms with Crippen LogP contribution in [0.5, 0.6) is 0 Å². The second-order valence-corrected chi connectivity index (χ2v) is 26.0. The van der Waals surface area contributed by atoms with Gasteiger partial charge in [0.15, 0.2) is 0 Å². The van der Waals surface area contributed by atoms with E-state index in [1.54, 1.807) is 0 Å². The van der Waals surface area contributed by atoms with E-state index in [1.165, 1.54) is 77.0 Å².